The Labute approximate surface area is 118 Å². The molecule has 1 N–H and O–H groups in total. The fourth-order valence-corrected chi connectivity index (χ4v) is 5.84. The van der Waals surface area contributed by atoms with Crippen LogP contribution in [0.15, 0.2) is 18.2 Å². The van der Waals surface area contributed by atoms with Crippen molar-refractivity contribution in [2.75, 3.05) is 0 Å². The number of hydrogen-bond donors (Lipinski definition) is 1. The Morgan fingerprint density at radius 1 is 1.32 bits per heavy atom. The highest BCUT2D eigenvalue weighted by Crippen LogP contribution is 2.58. The van der Waals surface area contributed by atoms with Gasteiger partial charge < -0.3 is 5.11 Å². The first-order valence-electron chi connectivity index (χ1n) is 7.29. The molecule has 1 fully saturated rings. The zero-order chi connectivity index (χ0) is 13.2. The van der Waals surface area contributed by atoms with Crippen molar-refractivity contribution in [2.45, 2.75) is 51.6 Å². The van der Waals surface area contributed by atoms with E-state index in [0.29, 0.717) is 5.92 Å². The summed E-state index contributed by atoms with van der Waals surface area (Å²) in [6, 6.07) is 6.85. The van der Waals surface area contributed by atoms with Gasteiger partial charge in [0, 0.05) is 20.9 Å². The lowest BCUT2D eigenvalue weighted by Crippen LogP contribution is -2.34. The normalized spacial score (nSPS) is 33.4. The highest BCUT2D eigenvalue weighted by Gasteiger charge is 2.49. The number of hydrogen-bond acceptors (Lipinski definition) is 2. The topological polar surface area (TPSA) is 20.2 Å². The maximum absolute atomic E-state index is 10.3. The molecule has 2 aromatic rings. The maximum atomic E-state index is 10.3. The van der Waals surface area contributed by atoms with Gasteiger partial charge in [0.15, 0.2) is 0 Å². The van der Waals surface area contributed by atoms with Gasteiger partial charge in [-0.1, -0.05) is 19.1 Å². The van der Waals surface area contributed by atoms with Crippen molar-refractivity contribution in [3.63, 3.8) is 0 Å². The van der Waals surface area contributed by atoms with E-state index >= 15 is 0 Å². The van der Waals surface area contributed by atoms with Crippen LogP contribution in [0.25, 0.3) is 10.1 Å². The minimum absolute atomic E-state index is 0.0994. The van der Waals surface area contributed by atoms with Crippen LogP contribution >= 0.6 is 11.3 Å². The Balaban J connectivity index is 1.93. The highest BCUT2D eigenvalue weighted by molar-refractivity contribution is 7.19. The number of aryl methyl sites for hydroxylation is 2. The first kappa shape index (κ1) is 11.9. The number of fused-ring (bicyclic) bond motifs is 5. The lowest BCUT2D eigenvalue weighted by Gasteiger charge is -2.38. The molecule has 2 aliphatic carbocycles. The fraction of sp³-hybridized carbons (Fsp3) is 0.529. The molecule has 0 amide bonds. The van der Waals surface area contributed by atoms with E-state index in [9.17, 15) is 5.11 Å². The first-order valence-corrected chi connectivity index (χ1v) is 8.11. The van der Waals surface area contributed by atoms with E-state index in [-0.39, 0.29) is 11.5 Å². The van der Waals surface area contributed by atoms with Gasteiger partial charge in [-0.3, -0.25) is 0 Å². The standard InChI is InChI=1S/C17H20OS/c1-10-3-4-11-12-7-8-17(2)13(5-6-15(17)18)16(12)19-14(11)9-10/h3-4,9,13,15,18H,5-8H2,1-2H3/t13-,15-,17+/m0/s1. The predicted octanol–water partition coefficient (Wildman–Crippen LogP) is 4.40. The van der Waals surface area contributed by atoms with E-state index in [0.717, 1.165) is 25.7 Å². The third-order valence-corrected chi connectivity index (χ3v) is 6.80. The van der Waals surface area contributed by atoms with Gasteiger partial charge in [-0.2, -0.15) is 0 Å². The zero-order valence-electron chi connectivity index (χ0n) is 11.6. The van der Waals surface area contributed by atoms with Crippen LogP contribution in [0.1, 0.15) is 48.1 Å². The quantitative estimate of drug-likeness (QED) is 0.753. The molecule has 2 aliphatic rings. The summed E-state index contributed by atoms with van der Waals surface area (Å²) in [5.74, 6) is 0.587. The van der Waals surface area contributed by atoms with Crippen molar-refractivity contribution in [2.24, 2.45) is 5.41 Å². The van der Waals surface area contributed by atoms with Gasteiger partial charge in [0.2, 0.25) is 0 Å². The third kappa shape index (κ3) is 1.50. The van der Waals surface area contributed by atoms with Gasteiger partial charge in [0.25, 0.3) is 0 Å². The fourth-order valence-electron chi connectivity index (χ4n) is 4.20. The molecule has 3 atom stereocenters. The van der Waals surface area contributed by atoms with Gasteiger partial charge in [-0.15, -0.1) is 11.3 Å². The smallest absolute Gasteiger partial charge is 0.0600 e. The van der Waals surface area contributed by atoms with Gasteiger partial charge in [0.1, 0.15) is 0 Å². The van der Waals surface area contributed by atoms with Crippen molar-refractivity contribution in [1.29, 1.82) is 0 Å². The average molecular weight is 272 g/mol. The highest BCUT2D eigenvalue weighted by atomic mass is 32.1. The third-order valence-electron chi connectivity index (χ3n) is 5.50. The van der Waals surface area contributed by atoms with Gasteiger partial charge in [-0.25, -0.2) is 0 Å². The second-order valence-electron chi connectivity index (χ2n) is 6.60. The molecule has 0 radical (unpaired) electrons. The molecule has 0 spiro atoms. The van der Waals surface area contributed by atoms with Gasteiger partial charge in [-0.05, 0) is 55.2 Å². The zero-order valence-corrected chi connectivity index (χ0v) is 12.4. The van der Waals surface area contributed by atoms with Crippen molar-refractivity contribution >= 4 is 21.4 Å². The van der Waals surface area contributed by atoms with Crippen LogP contribution in [0.4, 0.5) is 0 Å². The molecular formula is C17H20OS. The van der Waals surface area contributed by atoms with Crippen LogP contribution in [0.5, 0.6) is 0 Å². The lowest BCUT2D eigenvalue weighted by molar-refractivity contribution is 0.0467. The summed E-state index contributed by atoms with van der Waals surface area (Å²) in [6.45, 7) is 4.47. The molecule has 0 bridgehead atoms. The number of aliphatic hydroxyl groups excluding tert-OH is 1. The molecule has 1 nitrogen and oxygen atoms in total. The van der Waals surface area contributed by atoms with E-state index in [1.807, 2.05) is 11.3 Å². The monoisotopic (exact) mass is 272 g/mol. The number of rotatable bonds is 0. The summed E-state index contributed by atoms with van der Waals surface area (Å²) in [6.07, 6.45) is 4.33. The van der Waals surface area contributed by atoms with Crippen LogP contribution < -0.4 is 0 Å². The van der Waals surface area contributed by atoms with E-state index in [2.05, 4.69) is 32.0 Å². The van der Waals surface area contributed by atoms with E-state index in [4.69, 9.17) is 0 Å². The summed E-state index contributed by atoms with van der Waals surface area (Å²) >= 11 is 1.98. The van der Waals surface area contributed by atoms with Crippen molar-refractivity contribution in [1.82, 2.24) is 0 Å². The van der Waals surface area contributed by atoms with Crippen molar-refractivity contribution < 1.29 is 5.11 Å². The lowest BCUT2D eigenvalue weighted by atomic mass is 9.69. The van der Waals surface area contributed by atoms with Gasteiger partial charge >= 0.3 is 0 Å². The predicted molar refractivity (Wildman–Crippen MR) is 81.0 cm³/mol. The summed E-state index contributed by atoms with van der Waals surface area (Å²) in [7, 11) is 0. The van der Waals surface area contributed by atoms with E-state index < -0.39 is 0 Å². The SMILES string of the molecule is Cc1ccc2c3c(sc2c1)[C@@H]1CC[C@H](O)[C@]1(C)CC3. The minimum Gasteiger partial charge on any atom is -0.393 e. The Morgan fingerprint density at radius 3 is 3.00 bits per heavy atom. The second kappa shape index (κ2) is 3.83. The van der Waals surface area contributed by atoms with Gasteiger partial charge in [0.05, 0.1) is 6.10 Å². The average Bonchev–Trinajstić information content (AvgIpc) is 2.87. The summed E-state index contributed by atoms with van der Waals surface area (Å²) in [4.78, 5) is 1.57. The van der Waals surface area contributed by atoms with Crippen molar-refractivity contribution in [3.8, 4) is 0 Å². The molecule has 0 aliphatic heterocycles. The largest absolute Gasteiger partial charge is 0.393 e. The van der Waals surface area contributed by atoms with E-state index in [1.165, 1.54) is 15.6 Å². The molecule has 100 valence electrons. The molecule has 1 aromatic carbocycles. The van der Waals surface area contributed by atoms with Crippen LogP contribution in [-0.4, -0.2) is 11.2 Å². The minimum atomic E-state index is -0.0994. The Kier molecular flexibility index (Phi) is 2.40. The molecule has 0 unspecified atom stereocenters. The molecule has 0 saturated heterocycles. The number of benzene rings is 1. The number of thiophene rings is 1. The Hall–Kier alpha value is -0.860. The second-order valence-corrected chi connectivity index (χ2v) is 7.68. The summed E-state index contributed by atoms with van der Waals surface area (Å²) in [5.41, 5.74) is 3.06. The molecule has 1 aromatic heterocycles. The molecule has 1 saturated carbocycles. The van der Waals surface area contributed by atoms with Crippen LogP contribution in [0.2, 0.25) is 0 Å². The van der Waals surface area contributed by atoms with Crippen LogP contribution in [0.3, 0.4) is 0 Å². The number of aliphatic hydroxyl groups is 1. The van der Waals surface area contributed by atoms with E-state index in [1.54, 1.807) is 10.4 Å². The molecule has 1 heterocycles. The van der Waals surface area contributed by atoms with Crippen molar-refractivity contribution in [3.05, 3.63) is 34.2 Å². The maximum Gasteiger partial charge on any atom is 0.0600 e. The van der Waals surface area contributed by atoms with Crippen LogP contribution in [0, 0.1) is 12.3 Å². The first-order chi connectivity index (χ1) is 9.09. The molecule has 19 heavy (non-hydrogen) atoms. The molecular weight excluding hydrogens is 252 g/mol. The summed E-state index contributed by atoms with van der Waals surface area (Å²) in [5, 5.41) is 11.8. The van der Waals surface area contributed by atoms with Crippen LogP contribution in [-0.2, 0) is 6.42 Å². The summed E-state index contributed by atoms with van der Waals surface area (Å²) < 4.78 is 1.44. The molecule has 4 rings (SSSR count). The Morgan fingerprint density at radius 2 is 2.16 bits per heavy atom. The Bertz CT molecular complexity index is 657. The molecule has 2 heteroatoms.